The number of carboxylic acid groups (broad SMARTS) is 1. The SMILES string of the molecule is O=C([O-])CCC(=O)NNC(=O)/C(=C/c1ccccc1)CCO. The van der Waals surface area contributed by atoms with Gasteiger partial charge in [-0.3, -0.25) is 20.4 Å². The predicted octanol–water partition coefficient (Wildman–Crippen LogP) is -0.870. The van der Waals surface area contributed by atoms with Crippen molar-refractivity contribution in [3.63, 3.8) is 0 Å². The van der Waals surface area contributed by atoms with Crippen molar-refractivity contribution >= 4 is 23.9 Å². The second-order valence-corrected chi connectivity index (χ2v) is 4.43. The fourth-order valence-corrected chi connectivity index (χ4v) is 1.61. The normalized spacial score (nSPS) is 10.9. The fourth-order valence-electron chi connectivity index (χ4n) is 1.61. The number of hydrazine groups is 1. The molecule has 0 spiro atoms. The Labute approximate surface area is 127 Å². The van der Waals surface area contributed by atoms with Crippen molar-refractivity contribution in [1.82, 2.24) is 10.9 Å². The maximum atomic E-state index is 11.9. The van der Waals surface area contributed by atoms with E-state index >= 15 is 0 Å². The Bertz CT molecular complexity index is 554. The van der Waals surface area contributed by atoms with Gasteiger partial charge < -0.3 is 15.0 Å². The van der Waals surface area contributed by atoms with Gasteiger partial charge in [0.25, 0.3) is 5.91 Å². The van der Waals surface area contributed by atoms with Gasteiger partial charge in [0.15, 0.2) is 0 Å². The lowest BCUT2D eigenvalue weighted by atomic mass is 10.1. The van der Waals surface area contributed by atoms with Gasteiger partial charge in [0.1, 0.15) is 0 Å². The second-order valence-electron chi connectivity index (χ2n) is 4.43. The van der Waals surface area contributed by atoms with Crippen LogP contribution in [0.3, 0.4) is 0 Å². The number of aliphatic hydroxyl groups is 1. The Kier molecular flexibility index (Phi) is 7.35. The number of hydrogen-bond donors (Lipinski definition) is 3. The van der Waals surface area contributed by atoms with E-state index in [0.29, 0.717) is 0 Å². The van der Waals surface area contributed by atoms with Crippen LogP contribution in [0.25, 0.3) is 6.08 Å². The quantitative estimate of drug-likeness (QED) is 0.447. The predicted molar refractivity (Wildman–Crippen MR) is 76.6 cm³/mol. The van der Waals surface area contributed by atoms with Gasteiger partial charge in [0.2, 0.25) is 5.91 Å². The Morgan fingerprint density at radius 1 is 1.05 bits per heavy atom. The summed E-state index contributed by atoms with van der Waals surface area (Å²) in [5.74, 6) is -2.55. The topological polar surface area (TPSA) is 119 Å². The van der Waals surface area contributed by atoms with Crippen LogP contribution in [0, 0.1) is 0 Å². The standard InChI is InChI=1S/C15H18N2O5/c18-9-8-12(10-11-4-2-1-3-5-11)15(22)17-16-13(19)6-7-14(20)21/h1-5,10,18H,6-9H2,(H,16,19)(H,17,22)(H,20,21)/p-1/b12-10+. The lowest BCUT2D eigenvalue weighted by Gasteiger charge is -2.10. The number of amides is 2. The van der Waals surface area contributed by atoms with Crippen LogP contribution >= 0.6 is 0 Å². The molecule has 0 fully saturated rings. The first-order valence-corrected chi connectivity index (χ1v) is 6.68. The van der Waals surface area contributed by atoms with Crippen LogP contribution in [0.4, 0.5) is 0 Å². The first kappa shape index (κ1) is 17.4. The first-order valence-electron chi connectivity index (χ1n) is 6.68. The molecule has 0 heterocycles. The molecular weight excluding hydrogens is 288 g/mol. The van der Waals surface area contributed by atoms with E-state index in [1.54, 1.807) is 18.2 Å². The summed E-state index contributed by atoms with van der Waals surface area (Å²) in [5.41, 5.74) is 5.36. The fraction of sp³-hybridized carbons (Fsp3) is 0.267. The average Bonchev–Trinajstić information content (AvgIpc) is 2.51. The second kappa shape index (κ2) is 9.30. The van der Waals surface area contributed by atoms with Crippen LogP contribution in [0.5, 0.6) is 0 Å². The number of hydrogen-bond acceptors (Lipinski definition) is 5. The maximum Gasteiger partial charge on any atom is 0.265 e. The van der Waals surface area contributed by atoms with Crippen LogP contribution in [0.15, 0.2) is 35.9 Å². The summed E-state index contributed by atoms with van der Waals surface area (Å²) in [6, 6.07) is 9.04. The van der Waals surface area contributed by atoms with Gasteiger partial charge in [0.05, 0.1) is 0 Å². The molecule has 0 radical (unpaired) electrons. The van der Waals surface area contributed by atoms with Gasteiger partial charge in [-0.25, -0.2) is 0 Å². The highest BCUT2D eigenvalue weighted by Gasteiger charge is 2.10. The summed E-state index contributed by atoms with van der Waals surface area (Å²) in [5, 5.41) is 19.2. The summed E-state index contributed by atoms with van der Waals surface area (Å²) < 4.78 is 0. The van der Waals surface area contributed by atoms with Gasteiger partial charge >= 0.3 is 0 Å². The molecule has 22 heavy (non-hydrogen) atoms. The molecule has 0 aliphatic carbocycles. The molecule has 2 amide bonds. The minimum absolute atomic E-state index is 0.121. The third-order valence-corrected chi connectivity index (χ3v) is 2.68. The van der Waals surface area contributed by atoms with E-state index in [1.165, 1.54) is 0 Å². The zero-order chi connectivity index (χ0) is 16.4. The third-order valence-electron chi connectivity index (χ3n) is 2.68. The van der Waals surface area contributed by atoms with E-state index < -0.39 is 24.2 Å². The van der Waals surface area contributed by atoms with Crippen molar-refractivity contribution in [3.8, 4) is 0 Å². The van der Waals surface area contributed by atoms with E-state index in [1.807, 2.05) is 18.2 Å². The Morgan fingerprint density at radius 2 is 1.73 bits per heavy atom. The molecule has 0 bridgehead atoms. The number of benzene rings is 1. The Morgan fingerprint density at radius 3 is 2.32 bits per heavy atom. The smallest absolute Gasteiger partial charge is 0.265 e. The van der Waals surface area contributed by atoms with Crippen molar-refractivity contribution in [3.05, 3.63) is 41.5 Å². The Hall–Kier alpha value is -2.67. The van der Waals surface area contributed by atoms with Crippen LogP contribution in [0.2, 0.25) is 0 Å². The molecule has 1 aromatic rings. The van der Waals surface area contributed by atoms with Crippen molar-refractivity contribution in [2.75, 3.05) is 6.61 Å². The lowest BCUT2D eigenvalue weighted by Crippen LogP contribution is -2.42. The molecule has 1 aromatic carbocycles. The van der Waals surface area contributed by atoms with E-state index in [-0.39, 0.29) is 25.0 Å². The van der Waals surface area contributed by atoms with Crippen molar-refractivity contribution in [2.24, 2.45) is 0 Å². The molecule has 118 valence electrons. The third kappa shape index (κ3) is 6.67. The summed E-state index contributed by atoms with van der Waals surface area (Å²) in [6.45, 7) is -0.218. The molecule has 0 saturated carbocycles. The van der Waals surface area contributed by atoms with Crippen LogP contribution in [-0.2, 0) is 14.4 Å². The number of carboxylic acids is 1. The number of aliphatic hydroxyl groups excluding tert-OH is 1. The van der Waals surface area contributed by atoms with Gasteiger partial charge in [-0.05, 0) is 18.1 Å². The average molecular weight is 305 g/mol. The van der Waals surface area contributed by atoms with E-state index in [9.17, 15) is 19.5 Å². The highest BCUT2D eigenvalue weighted by atomic mass is 16.4. The highest BCUT2D eigenvalue weighted by Crippen LogP contribution is 2.09. The Balaban J connectivity index is 2.60. The monoisotopic (exact) mass is 305 g/mol. The van der Waals surface area contributed by atoms with E-state index in [0.717, 1.165) is 5.56 Å². The molecule has 0 saturated heterocycles. The molecule has 7 heteroatoms. The molecule has 0 aromatic heterocycles. The van der Waals surface area contributed by atoms with Gasteiger partial charge in [-0.1, -0.05) is 30.3 Å². The van der Waals surface area contributed by atoms with Crippen LogP contribution < -0.4 is 16.0 Å². The van der Waals surface area contributed by atoms with Crippen molar-refractivity contribution in [1.29, 1.82) is 0 Å². The van der Waals surface area contributed by atoms with Crippen LogP contribution in [-0.4, -0.2) is 29.5 Å². The summed E-state index contributed by atoms with van der Waals surface area (Å²) in [6.07, 6.45) is 1.000. The zero-order valence-electron chi connectivity index (χ0n) is 11.9. The molecular formula is C15H17N2O5-. The highest BCUT2D eigenvalue weighted by molar-refractivity contribution is 5.98. The minimum Gasteiger partial charge on any atom is -0.550 e. The number of rotatable bonds is 7. The summed E-state index contributed by atoms with van der Waals surface area (Å²) in [7, 11) is 0. The largest absolute Gasteiger partial charge is 0.550 e. The first-order chi connectivity index (χ1) is 10.5. The van der Waals surface area contributed by atoms with Gasteiger partial charge in [-0.15, -0.1) is 0 Å². The number of carbonyl (C=O) groups excluding carboxylic acids is 3. The molecule has 1 rings (SSSR count). The number of carbonyl (C=O) groups is 3. The van der Waals surface area contributed by atoms with E-state index in [2.05, 4.69) is 10.9 Å². The summed E-state index contributed by atoms with van der Waals surface area (Å²) >= 11 is 0. The van der Waals surface area contributed by atoms with E-state index in [4.69, 9.17) is 5.11 Å². The van der Waals surface area contributed by atoms with Gasteiger partial charge in [0, 0.05) is 31.0 Å². The molecule has 0 unspecified atom stereocenters. The van der Waals surface area contributed by atoms with Crippen LogP contribution in [0.1, 0.15) is 24.8 Å². The number of aliphatic carboxylic acids is 1. The molecule has 0 aliphatic rings. The minimum atomic E-state index is -1.34. The molecule has 0 atom stereocenters. The van der Waals surface area contributed by atoms with Crippen molar-refractivity contribution < 1.29 is 24.6 Å². The van der Waals surface area contributed by atoms with Crippen molar-refractivity contribution in [2.45, 2.75) is 19.3 Å². The maximum absolute atomic E-state index is 11.9. The van der Waals surface area contributed by atoms with Gasteiger partial charge in [-0.2, -0.15) is 0 Å². The molecule has 0 aliphatic heterocycles. The molecule has 7 nitrogen and oxygen atoms in total. The molecule has 3 N–H and O–H groups in total. The lowest BCUT2D eigenvalue weighted by molar-refractivity contribution is -0.305. The number of nitrogens with one attached hydrogen (secondary N) is 2. The summed E-state index contributed by atoms with van der Waals surface area (Å²) in [4.78, 5) is 33.5. The zero-order valence-corrected chi connectivity index (χ0v) is 11.9.